The average molecular weight is 418 g/mol. The molecule has 1 heterocycles. The zero-order valence-electron chi connectivity index (χ0n) is 18.1. The molecule has 0 unspecified atom stereocenters. The molecule has 1 N–H and O–H groups in total. The lowest BCUT2D eigenvalue weighted by Gasteiger charge is -2.57. The smallest absolute Gasteiger partial charge is 0.408 e. The van der Waals surface area contributed by atoms with Gasteiger partial charge in [-0.05, 0) is 42.6 Å². The van der Waals surface area contributed by atoms with Crippen LogP contribution < -0.4 is 5.32 Å². The highest BCUT2D eigenvalue weighted by atomic mass is 16.7. The number of amides is 1. The molecule has 2 aliphatic carbocycles. The van der Waals surface area contributed by atoms with Gasteiger partial charge in [0, 0.05) is 5.92 Å². The Morgan fingerprint density at radius 1 is 1.10 bits per heavy atom. The summed E-state index contributed by atoms with van der Waals surface area (Å²) in [4.78, 5) is 25.1. The third kappa shape index (κ3) is 3.48. The number of alkyl carbamates (subject to hydrolysis) is 1. The summed E-state index contributed by atoms with van der Waals surface area (Å²) in [6.07, 6.45) is 0.836. The van der Waals surface area contributed by atoms with Crippen molar-refractivity contribution in [3.63, 3.8) is 0 Å². The van der Waals surface area contributed by atoms with Gasteiger partial charge in [0.25, 0.3) is 0 Å². The number of carbonyl (C=O) groups excluding carboxylic acids is 2. The molecule has 164 valence electrons. The minimum absolute atomic E-state index is 0.00507. The van der Waals surface area contributed by atoms with E-state index in [1.807, 2.05) is 37.3 Å². The van der Waals surface area contributed by atoms with E-state index in [-0.39, 0.29) is 29.8 Å². The summed E-state index contributed by atoms with van der Waals surface area (Å²) in [5, 5.41) is 2.82. The fraction of sp³-hybridized carbons (Fsp3) is 0.652. The Morgan fingerprint density at radius 2 is 1.77 bits per heavy atom. The van der Waals surface area contributed by atoms with Gasteiger partial charge in [-0.3, -0.25) is 0 Å². The van der Waals surface area contributed by atoms with Crippen molar-refractivity contribution in [2.75, 3.05) is 20.3 Å². The first kappa shape index (κ1) is 21.1. The first-order valence-electron chi connectivity index (χ1n) is 10.6. The molecule has 1 aromatic rings. The van der Waals surface area contributed by atoms with Gasteiger partial charge in [-0.25, -0.2) is 9.59 Å². The number of nitrogens with one attached hydrogen (secondary N) is 1. The van der Waals surface area contributed by atoms with E-state index in [9.17, 15) is 9.59 Å². The lowest BCUT2D eigenvalue weighted by atomic mass is 9.50. The van der Waals surface area contributed by atoms with Gasteiger partial charge >= 0.3 is 12.1 Å². The number of hydrogen-bond acceptors (Lipinski definition) is 6. The summed E-state index contributed by atoms with van der Waals surface area (Å²) in [6, 6.07) is 9.44. The Kier molecular flexibility index (Phi) is 5.31. The lowest BCUT2D eigenvalue weighted by molar-refractivity contribution is -0.256. The van der Waals surface area contributed by atoms with Crippen molar-refractivity contribution < 1.29 is 28.5 Å². The summed E-state index contributed by atoms with van der Waals surface area (Å²) in [5.74, 6) is -0.502. The largest absolute Gasteiger partial charge is 0.467 e. The highest BCUT2D eigenvalue weighted by Gasteiger charge is 2.72. The molecule has 30 heavy (non-hydrogen) atoms. The normalized spacial score (nSPS) is 33.3. The molecule has 7 heteroatoms. The van der Waals surface area contributed by atoms with Crippen LogP contribution in [0.15, 0.2) is 30.3 Å². The van der Waals surface area contributed by atoms with Gasteiger partial charge in [0.2, 0.25) is 0 Å². The molecule has 4 rings (SSSR count). The van der Waals surface area contributed by atoms with Crippen LogP contribution in [0.3, 0.4) is 0 Å². The SMILES string of the molecule is COC(=O)[C@@]1(NC(=O)OCc2ccccc2)C[C@@H]1[C@H]1C[C@@H](C2(C)OCCO2)C1(C)C. The van der Waals surface area contributed by atoms with Gasteiger partial charge < -0.3 is 24.3 Å². The van der Waals surface area contributed by atoms with Crippen molar-refractivity contribution in [1.29, 1.82) is 0 Å². The van der Waals surface area contributed by atoms with Gasteiger partial charge in [0.05, 0.1) is 20.3 Å². The van der Waals surface area contributed by atoms with Crippen LogP contribution in [0.2, 0.25) is 0 Å². The summed E-state index contributed by atoms with van der Waals surface area (Å²) >= 11 is 0. The zero-order chi connectivity index (χ0) is 21.6. The van der Waals surface area contributed by atoms with Crippen LogP contribution in [-0.4, -0.2) is 43.7 Å². The Labute approximate surface area is 177 Å². The van der Waals surface area contributed by atoms with Crippen molar-refractivity contribution in [3.05, 3.63) is 35.9 Å². The first-order chi connectivity index (χ1) is 14.2. The third-order valence-electron chi connectivity index (χ3n) is 7.42. The molecule has 0 bridgehead atoms. The number of methoxy groups -OCH3 is 1. The molecule has 2 saturated carbocycles. The number of ether oxygens (including phenoxy) is 4. The quantitative estimate of drug-likeness (QED) is 0.716. The number of carbonyl (C=O) groups is 2. The van der Waals surface area contributed by atoms with Crippen molar-refractivity contribution >= 4 is 12.1 Å². The standard InChI is InChI=1S/C23H31NO6/c1-21(2)16(12-18(21)22(3)29-10-11-30-22)17-13-23(17,19(25)27-4)24-20(26)28-14-15-8-6-5-7-9-15/h5-9,16-18H,10-14H2,1-4H3,(H,24,26)/t16-,17-,18-,23-/m1/s1. The minimum atomic E-state index is -1.02. The van der Waals surface area contributed by atoms with E-state index in [0.717, 1.165) is 12.0 Å². The Bertz CT molecular complexity index is 803. The maximum absolute atomic E-state index is 12.6. The molecule has 0 aromatic heterocycles. The second-order valence-electron chi connectivity index (χ2n) is 9.39. The van der Waals surface area contributed by atoms with Gasteiger partial charge in [0.15, 0.2) is 5.79 Å². The molecular weight excluding hydrogens is 386 g/mol. The Hall–Kier alpha value is -2.12. The number of esters is 1. The number of hydrogen-bond donors (Lipinski definition) is 1. The molecule has 3 fully saturated rings. The Balaban J connectivity index is 1.41. The topological polar surface area (TPSA) is 83.1 Å². The fourth-order valence-electron chi connectivity index (χ4n) is 5.59. The maximum Gasteiger partial charge on any atom is 0.408 e. The van der Waals surface area contributed by atoms with Crippen LogP contribution >= 0.6 is 0 Å². The van der Waals surface area contributed by atoms with Gasteiger partial charge in [-0.15, -0.1) is 0 Å². The van der Waals surface area contributed by atoms with E-state index in [1.165, 1.54) is 7.11 Å². The number of benzene rings is 1. The molecule has 1 aliphatic heterocycles. The molecule has 7 nitrogen and oxygen atoms in total. The average Bonchev–Trinajstić information content (AvgIpc) is 3.24. The fourth-order valence-corrected chi connectivity index (χ4v) is 5.59. The van der Waals surface area contributed by atoms with E-state index in [4.69, 9.17) is 18.9 Å². The monoisotopic (exact) mass is 417 g/mol. The summed E-state index contributed by atoms with van der Waals surface area (Å²) in [7, 11) is 1.35. The van der Waals surface area contributed by atoms with Crippen LogP contribution in [0.5, 0.6) is 0 Å². The van der Waals surface area contributed by atoms with E-state index in [1.54, 1.807) is 0 Å². The zero-order valence-corrected chi connectivity index (χ0v) is 18.1. The molecular formula is C23H31NO6. The van der Waals surface area contributed by atoms with E-state index in [0.29, 0.717) is 19.6 Å². The molecule has 3 aliphatic rings. The summed E-state index contributed by atoms with van der Waals surface area (Å²) in [5.41, 5.74) is -0.219. The maximum atomic E-state index is 12.6. The van der Waals surface area contributed by atoms with E-state index in [2.05, 4.69) is 19.2 Å². The summed E-state index contributed by atoms with van der Waals surface area (Å²) < 4.78 is 22.2. The Morgan fingerprint density at radius 3 is 2.37 bits per heavy atom. The molecule has 0 spiro atoms. The van der Waals surface area contributed by atoms with Crippen LogP contribution in [0, 0.1) is 23.2 Å². The van der Waals surface area contributed by atoms with Crippen LogP contribution in [0.1, 0.15) is 39.2 Å². The predicted molar refractivity (Wildman–Crippen MR) is 108 cm³/mol. The molecule has 1 amide bonds. The second-order valence-corrected chi connectivity index (χ2v) is 9.39. The van der Waals surface area contributed by atoms with Crippen molar-refractivity contribution in [3.8, 4) is 0 Å². The highest BCUT2D eigenvalue weighted by Crippen LogP contribution is 2.67. The number of rotatable bonds is 6. The van der Waals surface area contributed by atoms with Crippen LogP contribution in [0.25, 0.3) is 0 Å². The predicted octanol–water partition coefficient (Wildman–Crippen LogP) is 3.27. The second kappa shape index (κ2) is 7.54. The van der Waals surface area contributed by atoms with Gasteiger partial charge in [-0.1, -0.05) is 44.2 Å². The molecule has 1 saturated heterocycles. The molecule has 1 aromatic carbocycles. The first-order valence-corrected chi connectivity index (χ1v) is 10.6. The minimum Gasteiger partial charge on any atom is -0.467 e. The van der Waals surface area contributed by atoms with Crippen molar-refractivity contribution in [2.45, 2.75) is 51.5 Å². The van der Waals surface area contributed by atoms with Gasteiger partial charge in [0.1, 0.15) is 12.1 Å². The van der Waals surface area contributed by atoms with Crippen LogP contribution in [-0.2, 0) is 30.3 Å². The van der Waals surface area contributed by atoms with E-state index < -0.39 is 23.4 Å². The third-order valence-corrected chi connectivity index (χ3v) is 7.42. The molecule has 0 radical (unpaired) electrons. The molecule has 4 atom stereocenters. The highest BCUT2D eigenvalue weighted by molar-refractivity contribution is 5.89. The van der Waals surface area contributed by atoms with E-state index >= 15 is 0 Å². The van der Waals surface area contributed by atoms with Crippen molar-refractivity contribution in [1.82, 2.24) is 5.32 Å². The lowest BCUT2D eigenvalue weighted by Crippen LogP contribution is -2.59. The van der Waals surface area contributed by atoms with Crippen LogP contribution in [0.4, 0.5) is 4.79 Å². The van der Waals surface area contributed by atoms with Crippen molar-refractivity contribution in [2.24, 2.45) is 23.2 Å². The summed E-state index contributed by atoms with van der Waals surface area (Å²) in [6.45, 7) is 7.75. The van der Waals surface area contributed by atoms with Gasteiger partial charge in [-0.2, -0.15) is 0 Å².